The number of nitrogens with one attached hydrogen (secondary N) is 3. The van der Waals surface area contributed by atoms with Crippen LogP contribution in [-0.2, 0) is 9.47 Å². The third kappa shape index (κ3) is 3.53. The van der Waals surface area contributed by atoms with E-state index in [1.54, 1.807) is 13.3 Å². The van der Waals surface area contributed by atoms with Gasteiger partial charge < -0.3 is 19.6 Å². The number of hydrazine groups is 1. The monoisotopic (exact) mass is 318 g/mol. The van der Waals surface area contributed by atoms with Crippen LogP contribution < -0.4 is 20.9 Å². The van der Waals surface area contributed by atoms with Gasteiger partial charge in [0, 0.05) is 19.3 Å². The quantitative estimate of drug-likeness (QED) is 0.696. The Morgan fingerprint density at radius 3 is 3.13 bits per heavy atom. The topological polar surface area (TPSA) is 76.7 Å². The molecule has 3 N–H and O–H groups in total. The highest BCUT2D eigenvalue weighted by molar-refractivity contribution is 5.96. The molecule has 0 aliphatic carbocycles. The molecule has 23 heavy (non-hydrogen) atoms. The van der Waals surface area contributed by atoms with Gasteiger partial charge in [0.1, 0.15) is 12.0 Å². The highest BCUT2D eigenvalue weighted by Crippen LogP contribution is 2.30. The van der Waals surface area contributed by atoms with E-state index in [-0.39, 0.29) is 12.5 Å². The first-order chi connectivity index (χ1) is 11.3. The van der Waals surface area contributed by atoms with Gasteiger partial charge in [0.25, 0.3) is 0 Å². The van der Waals surface area contributed by atoms with Crippen molar-refractivity contribution in [2.24, 2.45) is 0 Å². The predicted molar refractivity (Wildman–Crippen MR) is 88.2 cm³/mol. The van der Waals surface area contributed by atoms with E-state index in [9.17, 15) is 0 Å². The summed E-state index contributed by atoms with van der Waals surface area (Å²) < 4.78 is 16.8. The van der Waals surface area contributed by atoms with Gasteiger partial charge in [-0.3, -0.25) is 10.3 Å². The number of rotatable bonds is 6. The molecule has 0 amide bonds. The summed E-state index contributed by atoms with van der Waals surface area (Å²) in [5, 5.41) is 4.20. The molecule has 2 aromatic rings. The van der Waals surface area contributed by atoms with E-state index < -0.39 is 0 Å². The third-order valence-electron chi connectivity index (χ3n) is 3.66. The van der Waals surface area contributed by atoms with Crippen molar-refractivity contribution >= 4 is 16.6 Å². The highest BCUT2D eigenvalue weighted by atomic mass is 16.6. The Balaban J connectivity index is 1.78. The maximum absolute atomic E-state index is 5.73. The number of pyridine rings is 1. The molecule has 1 fully saturated rings. The fraction of sp³-hybridized carbons (Fsp3) is 0.438. The van der Waals surface area contributed by atoms with Crippen molar-refractivity contribution in [3.05, 3.63) is 30.5 Å². The summed E-state index contributed by atoms with van der Waals surface area (Å²) >= 11 is 0. The van der Waals surface area contributed by atoms with Crippen LogP contribution in [0.4, 0.5) is 5.69 Å². The van der Waals surface area contributed by atoms with E-state index in [0.29, 0.717) is 13.2 Å². The first-order valence-electron chi connectivity index (χ1n) is 7.73. The minimum atomic E-state index is -0.290. The van der Waals surface area contributed by atoms with Gasteiger partial charge in [0.2, 0.25) is 0 Å². The Kier molecular flexibility index (Phi) is 5.24. The summed E-state index contributed by atoms with van der Waals surface area (Å²) in [5.74, 6) is 0.768. The number of anilines is 1. The predicted octanol–water partition coefficient (Wildman–Crippen LogP) is 1.47. The average Bonchev–Trinajstić information content (AvgIpc) is 2.60. The molecule has 1 aliphatic rings. The molecule has 0 spiro atoms. The van der Waals surface area contributed by atoms with Gasteiger partial charge in [-0.2, -0.15) is 0 Å². The maximum atomic E-state index is 5.73. The minimum Gasteiger partial charge on any atom is -0.496 e. The van der Waals surface area contributed by atoms with E-state index in [1.165, 1.54) is 0 Å². The summed E-state index contributed by atoms with van der Waals surface area (Å²) in [6.45, 7) is 3.98. The number of nitrogens with zero attached hydrogens (tertiary/aromatic N) is 1. The van der Waals surface area contributed by atoms with Crippen molar-refractivity contribution in [2.45, 2.75) is 19.4 Å². The second-order valence-electron chi connectivity index (χ2n) is 5.10. The van der Waals surface area contributed by atoms with E-state index in [2.05, 4.69) is 21.2 Å². The van der Waals surface area contributed by atoms with Crippen LogP contribution in [0, 0.1) is 0 Å². The summed E-state index contributed by atoms with van der Waals surface area (Å²) in [7, 11) is 1.65. The van der Waals surface area contributed by atoms with Gasteiger partial charge in [0.05, 0.1) is 30.3 Å². The van der Waals surface area contributed by atoms with Gasteiger partial charge in [-0.1, -0.05) is 6.07 Å². The van der Waals surface area contributed by atoms with Crippen LogP contribution in [0.2, 0.25) is 0 Å². The molecule has 7 nitrogen and oxygen atoms in total. The van der Waals surface area contributed by atoms with Crippen molar-refractivity contribution in [3.63, 3.8) is 0 Å². The Bertz CT molecular complexity index is 645. The van der Waals surface area contributed by atoms with Gasteiger partial charge in [-0.25, -0.2) is 5.43 Å². The summed E-state index contributed by atoms with van der Waals surface area (Å²) in [4.78, 5) is 4.37. The van der Waals surface area contributed by atoms with Crippen LogP contribution in [0.3, 0.4) is 0 Å². The second kappa shape index (κ2) is 7.56. The van der Waals surface area contributed by atoms with Crippen molar-refractivity contribution < 1.29 is 14.2 Å². The molecule has 7 heteroatoms. The molecule has 0 radical (unpaired) electrons. The van der Waals surface area contributed by atoms with Crippen LogP contribution in [0.25, 0.3) is 10.9 Å². The van der Waals surface area contributed by atoms with Gasteiger partial charge in [0.15, 0.2) is 6.23 Å². The lowest BCUT2D eigenvalue weighted by molar-refractivity contribution is -0.123. The lowest BCUT2D eigenvalue weighted by atomic mass is 10.1. The largest absolute Gasteiger partial charge is 0.496 e. The molecule has 1 aromatic heterocycles. The third-order valence-corrected chi connectivity index (χ3v) is 3.66. The van der Waals surface area contributed by atoms with Crippen molar-refractivity contribution in [1.29, 1.82) is 0 Å². The highest BCUT2D eigenvalue weighted by Gasteiger charge is 2.25. The van der Waals surface area contributed by atoms with Crippen LogP contribution in [0.15, 0.2) is 30.5 Å². The van der Waals surface area contributed by atoms with Crippen LogP contribution in [0.5, 0.6) is 5.75 Å². The zero-order chi connectivity index (χ0) is 16.1. The number of aromatic nitrogens is 1. The molecular weight excluding hydrogens is 296 g/mol. The first kappa shape index (κ1) is 15.9. The Morgan fingerprint density at radius 1 is 1.39 bits per heavy atom. The summed E-state index contributed by atoms with van der Waals surface area (Å²) in [6, 6.07) is 7.70. The fourth-order valence-corrected chi connectivity index (χ4v) is 2.62. The normalized spacial score (nSPS) is 21.3. The van der Waals surface area contributed by atoms with Crippen LogP contribution in [-0.4, -0.2) is 44.3 Å². The Labute approximate surface area is 135 Å². The van der Waals surface area contributed by atoms with Gasteiger partial charge in [-0.15, -0.1) is 0 Å². The van der Waals surface area contributed by atoms with E-state index >= 15 is 0 Å². The molecule has 0 bridgehead atoms. The Morgan fingerprint density at radius 2 is 2.30 bits per heavy atom. The standard InChI is InChI=1S/C16H22N4O3/c1-3-22-15-16(23-10-9-18-15)20-19-12-6-4-5-11-14(12)13(21-2)7-8-17-11/h4-8,15-16,18-20H,3,9-10H2,1-2H3. The van der Waals surface area contributed by atoms with Crippen molar-refractivity contribution in [1.82, 2.24) is 15.7 Å². The zero-order valence-electron chi connectivity index (χ0n) is 13.3. The van der Waals surface area contributed by atoms with Crippen molar-refractivity contribution in [3.8, 4) is 5.75 Å². The van der Waals surface area contributed by atoms with Crippen LogP contribution in [0.1, 0.15) is 6.92 Å². The van der Waals surface area contributed by atoms with Crippen molar-refractivity contribution in [2.75, 3.05) is 32.3 Å². The minimum absolute atomic E-state index is 0.198. The van der Waals surface area contributed by atoms with Gasteiger partial charge >= 0.3 is 0 Å². The number of methoxy groups -OCH3 is 1. The number of morpholine rings is 1. The van der Waals surface area contributed by atoms with E-state index in [1.807, 2.05) is 31.2 Å². The molecule has 2 atom stereocenters. The first-order valence-corrected chi connectivity index (χ1v) is 7.73. The SMILES string of the molecule is CCOC1NCCOC1NNc1cccc2nccc(OC)c12. The lowest BCUT2D eigenvalue weighted by Gasteiger charge is -2.33. The molecule has 1 aliphatic heterocycles. The summed E-state index contributed by atoms with van der Waals surface area (Å²) in [6.07, 6.45) is 1.25. The molecular formula is C16H22N4O3. The van der Waals surface area contributed by atoms with Gasteiger partial charge in [-0.05, 0) is 25.1 Å². The summed E-state index contributed by atoms with van der Waals surface area (Å²) in [5.41, 5.74) is 8.11. The number of hydrogen-bond acceptors (Lipinski definition) is 7. The maximum Gasteiger partial charge on any atom is 0.164 e. The number of hydrogen-bond donors (Lipinski definition) is 3. The molecule has 3 rings (SSSR count). The smallest absolute Gasteiger partial charge is 0.164 e. The zero-order valence-corrected chi connectivity index (χ0v) is 13.3. The number of benzene rings is 1. The molecule has 2 unspecified atom stereocenters. The number of ether oxygens (including phenoxy) is 3. The van der Waals surface area contributed by atoms with E-state index in [4.69, 9.17) is 14.2 Å². The van der Waals surface area contributed by atoms with E-state index in [0.717, 1.165) is 28.9 Å². The fourth-order valence-electron chi connectivity index (χ4n) is 2.62. The second-order valence-corrected chi connectivity index (χ2v) is 5.10. The number of fused-ring (bicyclic) bond motifs is 1. The molecule has 1 aromatic carbocycles. The van der Waals surface area contributed by atoms with Crippen LogP contribution >= 0.6 is 0 Å². The molecule has 0 saturated carbocycles. The lowest BCUT2D eigenvalue weighted by Crippen LogP contribution is -2.57. The molecule has 2 heterocycles. The molecule has 1 saturated heterocycles. The average molecular weight is 318 g/mol. The molecule has 124 valence electrons. The Hall–Kier alpha value is -1.93.